The second-order valence-corrected chi connectivity index (χ2v) is 13.9. The number of ether oxygens (including phenoxy) is 2. The topological polar surface area (TPSA) is 51.4 Å². The molecule has 0 unspecified atom stereocenters. The lowest BCUT2D eigenvalue weighted by atomic mass is 9.87. The van der Waals surface area contributed by atoms with Crippen LogP contribution in [0.3, 0.4) is 0 Å². The Morgan fingerprint density at radius 2 is 1.43 bits per heavy atom. The van der Waals surface area contributed by atoms with Gasteiger partial charge in [-0.15, -0.1) is 0 Å². The molecule has 0 bridgehead atoms. The first kappa shape index (κ1) is 37.8. The number of carbonyl (C=O) groups is 1. The van der Waals surface area contributed by atoms with Gasteiger partial charge in [-0.3, -0.25) is 4.79 Å². The van der Waals surface area contributed by atoms with E-state index < -0.39 is 0 Å². The molecule has 7 heteroatoms. The molecule has 0 saturated carbocycles. The minimum atomic E-state index is -0.192. The molecular weight excluding hydrogens is 632 g/mol. The van der Waals surface area contributed by atoms with Gasteiger partial charge in [0.25, 0.3) is 5.91 Å². The molecule has 0 spiro atoms. The zero-order valence-electron chi connectivity index (χ0n) is 27.8. The van der Waals surface area contributed by atoms with Crippen LogP contribution in [0.5, 0.6) is 11.5 Å². The molecule has 1 aromatic heterocycles. The smallest absolute Gasteiger partial charge is 0.262 e. The molecule has 1 amide bonds. The Bertz CT molecular complexity index is 1220. The highest BCUT2D eigenvalue weighted by molar-refractivity contribution is 7.09. The number of aryl methyl sites for hydroxylation is 1. The number of hydrogen-bond acceptors (Lipinski definition) is 4. The van der Waals surface area contributed by atoms with Gasteiger partial charge in [-0.1, -0.05) is 128 Å². The minimum absolute atomic E-state index is 0. The lowest BCUT2D eigenvalue weighted by Gasteiger charge is -2.21. The number of nitrogens with zero attached hydrogens (tertiary/aromatic N) is 1. The lowest BCUT2D eigenvalue weighted by Crippen LogP contribution is -3.00. The summed E-state index contributed by atoms with van der Waals surface area (Å²) >= 11 is 1.74. The molecule has 244 valence electrons. The van der Waals surface area contributed by atoms with Gasteiger partial charge in [-0.25, -0.2) is 0 Å². The maximum absolute atomic E-state index is 12.7. The minimum Gasteiger partial charge on any atom is -1.00 e. The van der Waals surface area contributed by atoms with Crippen molar-refractivity contribution in [3.05, 3.63) is 70.2 Å². The number of rotatable bonds is 20. The lowest BCUT2D eigenvalue weighted by molar-refractivity contribution is -0.683. The Kier molecular flexibility index (Phi) is 17.7. The zero-order chi connectivity index (χ0) is 30.9. The molecule has 1 heterocycles. The van der Waals surface area contributed by atoms with Crippen LogP contribution < -0.4 is 36.3 Å². The molecule has 0 fully saturated rings. The molecule has 0 radical (unpaired) electrons. The van der Waals surface area contributed by atoms with E-state index in [-0.39, 0.29) is 34.9 Å². The first-order valence-electron chi connectivity index (χ1n) is 16.5. The molecule has 0 aliphatic rings. The van der Waals surface area contributed by atoms with E-state index in [0.717, 1.165) is 18.7 Å². The standard InChI is InChI=1S/C37H54N2O3S.BrH/c1-6-7-8-9-10-11-12-13-14-15-16-17-24-41-35-25-32(37(3,4)5)20-23-34(35)42-28-36(40)38-33-21-18-31(19-22-33)27-39-26-30(2)43-29-39;/h18-23,25-26,29H,6-17,24,27-28H2,1-5H3;1H. The van der Waals surface area contributed by atoms with Crippen molar-refractivity contribution in [2.24, 2.45) is 0 Å². The van der Waals surface area contributed by atoms with Crippen molar-refractivity contribution in [1.29, 1.82) is 0 Å². The summed E-state index contributed by atoms with van der Waals surface area (Å²) < 4.78 is 14.4. The van der Waals surface area contributed by atoms with Gasteiger partial charge in [0.05, 0.1) is 11.5 Å². The van der Waals surface area contributed by atoms with E-state index in [1.54, 1.807) is 11.3 Å². The average Bonchev–Trinajstić information content (AvgIpc) is 3.39. The third kappa shape index (κ3) is 14.6. The van der Waals surface area contributed by atoms with Crippen LogP contribution >= 0.6 is 11.3 Å². The maximum atomic E-state index is 12.7. The molecule has 3 rings (SSSR count). The van der Waals surface area contributed by atoms with Crippen LogP contribution in [0, 0.1) is 6.92 Å². The SMILES string of the molecule is CCCCCCCCCCCCCCOc1cc(C(C)(C)C)ccc1OCC(=O)Nc1ccc(C[n+]2csc(C)c2)cc1.[Br-]. The number of unbranched alkanes of at least 4 members (excludes halogenated alkanes) is 11. The number of carbonyl (C=O) groups excluding carboxylic acids is 1. The van der Waals surface area contributed by atoms with Crippen LogP contribution in [0.4, 0.5) is 5.69 Å². The summed E-state index contributed by atoms with van der Waals surface area (Å²) in [5.74, 6) is 1.14. The van der Waals surface area contributed by atoms with E-state index in [4.69, 9.17) is 9.47 Å². The van der Waals surface area contributed by atoms with E-state index in [1.807, 2.05) is 30.3 Å². The highest BCUT2D eigenvalue weighted by Gasteiger charge is 2.18. The Morgan fingerprint density at radius 1 is 0.818 bits per heavy atom. The van der Waals surface area contributed by atoms with E-state index >= 15 is 0 Å². The van der Waals surface area contributed by atoms with Crippen LogP contribution in [0.2, 0.25) is 0 Å². The van der Waals surface area contributed by atoms with Crippen LogP contribution in [-0.4, -0.2) is 19.1 Å². The molecular formula is C37H55BrN2O3S. The molecule has 5 nitrogen and oxygen atoms in total. The van der Waals surface area contributed by atoms with Crippen LogP contribution in [0.15, 0.2) is 54.2 Å². The molecule has 0 aliphatic heterocycles. The largest absolute Gasteiger partial charge is 1.00 e. The number of benzene rings is 2. The number of halogens is 1. The van der Waals surface area contributed by atoms with Crippen LogP contribution in [0.1, 0.15) is 121 Å². The van der Waals surface area contributed by atoms with Crippen molar-refractivity contribution in [2.45, 2.75) is 124 Å². The van der Waals surface area contributed by atoms with Gasteiger partial charge in [0.1, 0.15) is 0 Å². The molecule has 0 aliphatic carbocycles. The van der Waals surface area contributed by atoms with Gasteiger partial charge < -0.3 is 31.8 Å². The summed E-state index contributed by atoms with van der Waals surface area (Å²) in [7, 11) is 0. The van der Waals surface area contributed by atoms with Gasteiger partial charge in [0, 0.05) is 11.3 Å². The summed E-state index contributed by atoms with van der Waals surface area (Å²) in [6, 6.07) is 14.0. The average molecular weight is 688 g/mol. The number of amides is 1. The summed E-state index contributed by atoms with van der Waals surface area (Å²) in [5, 5.41) is 2.95. The Morgan fingerprint density at radius 3 is 2.00 bits per heavy atom. The van der Waals surface area contributed by atoms with Crippen LogP contribution in [0.25, 0.3) is 0 Å². The Hall–Kier alpha value is -2.38. The third-order valence-corrected chi connectivity index (χ3v) is 8.60. The van der Waals surface area contributed by atoms with Crippen molar-refractivity contribution in [2.75, 3.05) is 18.5 Å². The van der Waals surface area contributed by atoms with E-state index in [2.05, 4.69) is 68.3 Å². The maximum Gasteiger partial charge on any atom is 0.262 e. The fraction of sp³-hybridized carbons (Fsp3) is 0.568. The number of anilines is 1. The summed E-state index contributed by atoms with van der Waals surface area (Å²) in [6.45, 7) is 12.4. The van der Waals surface area contributed by atoms with Crippen molar-refractivity contribution < 1.29 is 35.8 Å². The normalized spacial score (nSPS) is 11.2. The quantitative estimate of drug-likeness (QED) is 0.105. The Balaban J connectivity index is 0.00000675. The summed E-state index contributed by atoms with van der Waals surface area (Å²) in [5.41, 5.74) is 5.25. The van der Waals surface area contributed by atoms with E-state index in [0.29, 0.717) is 18.1 Å². The third-order valence-electron chi connectivity index (χ3n) is 7.75. The molecule has 44 heavy (non-hydrogen) atoms. The summed E-state index contributed by atoms with van der Waals surface area (Å²) in [4.78, 5) is 14.0. The van der Waals surface area contributed by atoms with Crippen molar-refractivity contribution >= 4 is 22.9 Å². The second kappa shape index (κ2) is 20.6. The highest BCUT2D eigenvalue weighted by Crippen LogP contribution is 2.33. The first-order valence-corrected chi connectivity index (χ1v) is 17.4. The van der Waals surface area contributed by atoms with Gasteiger partial charge in [0.2, 0.25) is 5.51 Å². The highest BCUT2D eigenvalue weighted by atomic mass is 79.9. The Labute approximate surface area is 281 Å². The first-order chi connectivity index (χ1) is 20.7. The molecule has 0 atom stereocenters. The summed E-state index contributed by atoms with van der Waals surface area (Å²) in [6.07, 6.45) is 17.9. The zero-order valence-corrected chi connectivity index (χ0v) is 30.2. The molecule has 2 aromatic carbocycles. The number of nitrogens with one attached hydrogen (secondary N) is 1. The van der Waals surface area contributed by atoms with Crippen molar-refractivity contribution in [3.63, 3.8) is 0 Å². The van der Waals surface area contributed by atoms with Gasteiger partial charge in [0.15, 0.2) is 30.8 Å². The fourth-order valence-corrected chi connectivity index (χ4v) is 5.74. The van der Waals surface area contributed by atoms with Gasteiger partial charge >= 0.3 is 0 Å². The molecule has 3 aromatic rings. The monoisotopic (exact) mass is 686 g/mol. The van der Waals surface area contributed by atoms with E-state index in [1.165, 1.54) is 86.6 Å². The number of hydrogen-bond donors (Lipinski definition) is 1. The predicted octanol–water partition coefficient (Wildman–Crippen LogP) is 6.79. The van der Waals surface area contributed by atoms with E-state index in [9.17, 15) is 4.79 Å². The van der Waals surface area contributed by atoms with Gasteiger partial charge in [-0.05, 0) is 48.6 Å². The van der Waals surface area contributed by atoms with Crippen LogP contribution in [-0.2, 0) is 16.8 Å². The predicted molar refractivity (Wildman–Crippen MR) is 181 cm³/mol. The number of thiazole rings is 1. The van der Waals surface area contributed by atoms with Crippen molar-refractivity contribution in [3.8, 4) is 11.5 Å². The van der Waals surface area contributed by atoms with Crippen molar-refractivity contribution in [1.82, 2.24) is 0 Å². The van der Waals surface area contributed by atoms with Gasteiger partial charge in [-0.2, -0.15) is 4.57 Å². The molecule has 1 N–H and O–H groups in total. The fourth-order valence-electron chi connectivity index (χ4n) is 5.10. The number of aromatic nitrogens is 1. The molecule has 0 saturated heterocycles. The second-order valence-electron chi connectivity index (χ2n) is 12.8.